The number of nitriles is 1. The fourth-order valence-electron chi connectivity index (χ4n) is 2.69. The summed E-state index contributed by atoms with van der Waals surface area (Å²) in [5.74, 6) is -0.105. The maximum absolute atomic E-state index is 12.1. The van der Waals surface area contributed by atoms with Crippen LogP contribution in [0.4, 0.5) is 5.69 Å². The third-order valence-electron chi connectivity index (χ3n) is 3.77. The van der Waals surface area contributed by atoms with Crippen molar-refractivity contribution in [2.75, 3.05) is 5.32 Å². The standard InChI is InChI=1S/C15H19N3O/c1-11-5-4-6-13(12(11)10-16)18-14(19)9-15(17)7-2-3-8-15/h4-6H,2-3,7-9,17H2,1H3,(H,18,19). The summed E-state index contributed by atoms with van der Waals surface area (Å²) in [6.45, 7) is 1.86. The zero-order valence-corrected chi connectivity index (χ0v) is 11.2. The SMILES string of the molecule is Cc1cccc(NC(=O)CC2(N)CCCC2)c1C#N. The Morgan fingerprint density at radius 3 is 2.79 bits per heavy atom. The fraction of sp³-hybridized carbons (Fsp3) is 0.467. The lowest BCUT2D eigenvalue weighted by Gasteiger charge is -2.22. The Balaban J connectivity index is 2.07. The second-order valence-corrected chi connectivity index (χ2v) is 5.40. The maximum Gasteiger partial charge on any atom is 0.226 e. The molecule has 4 heteroatoms. The number of carbonyl (C=O) groups excluding carboxylic acids is 1. The molecule has 0 aliphatic heterocycles. The molecule has 2 rings (SSSR count). The number of hydrogen-bond acceptors (Lipinski definition) is 3. The van der Waals surface area contributed by atoms with E-state index in [-0.39, 0.29) is 11.4 Å². The first-order valence-electron chi connectivity index (χ1n) is 6.62. The first-order chi connectivity index (χ1) is 9.04. The van der Waals surface area contributed by atoms with Crippen molar-refractivity contribution < 1.29 is 4.79 Å². The third kappa shape index (κ3) is 3.12. The van der Waals surface area contributed by atoms with Gasteiger partial charge in [-0.25, -0.2) is 0 Å². The predicted octanol–water partition coefficient (Wildman–Crippen LogP) is 2.47. The van der Waals surface area contributed by atoms with E-state index in [0.717, 1.165) is 31.2 Å². The summed E-state index contributed by atoms with van der Waals surface area (Å²) in [5.41, 5.74) is 7.79. The van der Waals surface area contributed by atoms with E-state index in [1.165, 1.54) is 0 Å². The van der Waals surface area contributed by atoms with Crippen LogP contribution >= 0.6 is 0 Å². The van der Waals surface area contributed by atoms with Crippen molar-refractivity contribution in [2.24, 2.45) is 5.73 Å². The van der Waals surface area contributed by atoms with Crippen LogP contribution in [-0.4, -0.2) is 11.4 Å². The van der Waals surface area contributed by atoms with E-state index < -0.39 is 0 Å². The van der Waals surface area contributed by atoms with Crippen LogP contribution in [0, 0.1) is 18.3 Å². The summed E-state index contributed by atoms with van der Waals surface area (Å²) in [5, 5.41) is 11.9. The zero-order chi connectivity index (χ0) is 13.9. The number of aryl methyl sites for hydroxylation is 1. The van der Waals surface area contributed by atoms with Crippen LogP contribution < -0.4 is 11.1 Å². The molecule has 0 unspecified atom stereocenters. The molecule has 1 aliphatic rings. The van der Waals surface area contributed by atoms with Gasteiger partial charge < -0.3 is 11.1 Å². The van der Waals surface area contributed by atoms with Crippen LogP contribution in [0.5, 0.6) is 0 Å². The van der Waals surface area contributed by atoms with Gasteiger partial charge in [-0.05, 0) is 31.4 Å². The Hall–Kier alpha value is -1.86. The molecule has 0 aromatic heterocycles. The number of hydrogen-bond donors (Lipinski definition) is 2. The smallest absolute Gasteiger partial charge is 0.226 e. The van der Waals surface area contributed by atoms with Crippen molar-refractivity contribution in [1.82, 2.24) is 0 Å². The molecule has 0 atom stereocenters. The van der Waals surface area contributed by atoms with Gasteiger partial charge in [0.15, 0.2) is 0 Å². The van der Waals surface area contributed by atoms with Gasteiger partial charge in [-0.15, -0.1) is 0 Å². The largest absolute Gasteiger partial charge is 0.325 e. The molecular weight excluding hydrogens is 238 g/mol. The van der Waals surface area contributed by atoms with Crippen molar-refractivity contribution in [3.05, 3.63) is 29.3 Å². The normalized spacial score (nSPS) is 16.9. The number of nitrogens with zero attached hydrogens (tertiary/aromatic N) is 1. The summed E-state index contributed by atoms with van der Waals surface area (Å²) in [7, 11) is 0. The highest BCUT2D eigenvalue weighted by molar-refractivity contribution is 5.93. The minimum atomic E-state index is -0.360. The van der Waals surface area contributed by atoms with Gasteiger partial charge in [-0.1, -0.05) is 25.0 Å². The maximum atomic E-state index is 12.1. The summed E-state index contributed by atoms with van der Waals surface area (Å²) in [4.78, 5) is 12.1. The number of nitrogens with one attached hydrogen (secondary N) is 1. The fourth-order valence-corrected chi connectivity index (χ4v) is 2.69. The molecule has 19 heavy (non-hydrogen) atoms. The van der Waals surface area contributed by atoms with Crippen molar-refractivity contribution >= 4 is 11.6 Å². The topological polar surface area (TPSA) is 78.9 Å². The van der Waals surface area contributed by atoms with Gasteiger partial charge in [0, 0.05) is 12.0 Å². The first kappa shape index (κ1) is 13.6. The average Bonchev–Trinajstić information content (AvgIpc) is 2.75. The Labute approximate surface area is 113 Å². The van der Waals surface area contributed by atoms with Crippen LogP contribution in [0.1, 0.15) is 43.2 Å². The van der Waals surface area contributed by atoms with E-state index >= 15 is 0 Å². The highest BCUT2D eigenvalue weighted by Gasteiger charge is 2.31. The molecule has 1 aliphatic carbocycles. The van der Waals surface area contributed by atoms with Gasteiger partial charge in [0.2, 0.25) is 5.91 Å². The molecule has 1 amide bonds. The third-order valence-corrected chi connectivity index (χ3v) is 3.77. The van der Waals surface area contributed by atoms with Gasteiger partial charge in [0.05, 0.1) is 11.3 Å². The summed E-state index contributed by atoms with van der Waals surface area (Å²) < 4.78 is 0. The van der Waals surface area contributed by atoms with Crippen molar-refractivity contribution in [1.29, 1.82) is 5.26 Å². The Morgan fingerprint density at radius 1 is 1.47 bits per heavy atom. The summed E-state index contributed by atoms with van der Waals surface area (Å²) in [6, 6.07) is 7.57. The van der Waals surface area contributed by atoms with E-state index in [1.807, 2.05) is 19.1 Å². The Kier molecular flexibility index (Phi) is 3.87. The minimum Gasteiger partial charge on any atom is -0.325 e. The number of amides is 1. The zero-order valence-electron chi connectivity index (χ0n) is 11.2. The molecule has 0 bridgehead atoms. The molecule has 0 radical (unpaired) electrons. The highest BCUT2D eigenvalue weighted by atomic mass is 16.1. The van der Waals surface area contributed by atoms with E-state index in [9.17, 15) is 4.79 Å². The molecule has 4 nitrogen and oxygen atoms in total. The second-order valence-electron chi connectivity index (χ2n) is 5.40. The minimum absolute atomic E-state index is 0.105. The molecule has 100 valence electrons. The van der Waals surface area contributed by atoms with Gasteiger partial charge in [-0.3, -0.25) is 4.79 Å². The van der Waals surface area contributed by atoms with Crippen molar-refractivity contribution in [3.8, 4) is 6.07 Å². The summed E-state index contributed by atoms with van der Waals surface area (Å²) in [6.07, 6.45) is 4.32. The van der Waals surface area contributed by atoms with Crippen LogP contribution in [0.2, 0.25) is 0 Å². The van der Waals surface area contributed by atoms with Crippen LogP contribution in [-0.2, 0) is 4.79 Å². The molecule has 1 fully saturated rings. The van der Waals surface area contributed by atoms with Crippen LogP contribution in [0.3, 0.4) is 0 Å². The molecule has 1 aromatic rings. The Morgan fingerprint density at radius 2 is 2.16 bits per heavy atom. The van der Waals surface area contributed by atoms with Crippen LogP contribution in [0.25, 0.3) is 0 Å². The predicted molar refractivity (Wildman–Crippen MR) is 74.5 cm³/mol. The number of benzene rings is 1. The number of carbonyl (C=O) groups is 1. The Bertz CT molecular complexity index is 525. The lowest BCUT2D eigenvalue weighted by Crippen LogP contribution is -2.40. The van der Waals surface area contributed by atoms with Gasteiger partial charge in [0.25, 0.3) is 0 Å². The van der Waals surface area contributed by atoms with Crippen LogP contribution in [0.15, 0.2) is 18.2 Å². The van der Waals surface area contributed by atoms with E-state index in [2.05, 4.69) is 11.4 Å². The summed E-state index contributed by atoms with van der Waals surface area (Å²) >= 11 is 0. The molecule has 1 aromatic carbocycles. The molecule has 3 N–H and O–H groups in total. The lowest BCUT2D eigenvalue weighted by molar-refractivity contribution is -0.117. The average molecular weight is 257 g/mol. The van der Waals surface area contributed by atoms with Crippen molar-refractivity contribution in [2.45, 2.75) is 44.6 Å². The monoisotopic (exact) mass is 257 g/mol. The number of nitrogens with two attached hydrogens (primary N) is 1. The molecule has 0 spiro atoms. The molecule has 1 saturated carbocycles. The van der Waals surface area contributed by atoms with E-state index in [1.54, 1.807) is 6.07 Å². The second kappa shape index (κ2) is 5.41. The van der Waals surface area contributed by atoms with E-state index in [0.29, 0.717) is 17.7 Å². The lowest BCUT2D eigenvalue weighted by atomic mass is 9.94. The number of anilines is 1. The first-order valence-corrected chi connectivity index (χ1v) is 6.62. The van der Waals surface area contributed by atoms with Crippen molar-refractivity contribution in [3.63, 3.8) is 0 Å². The van der Waals surface area contributed by atoms with Gasteiger partial charge in [-0.2, -0.15) is 5.26 Å². The molecule has 0 heterocycles. The van der Waals surface area contributed by atoms with Gasteiger partial charge in [0.1, 0.15) is 6.07 Å². The van der Waals surface area contributed by atoms with Gasteiger partial charge >= 0.3 is 0 Å². The van der Waals surface area contributed by atoms with E-state index in [4.69, 9.17) is 11.0 Å². The molecule has 0 saturated heterocycles. The highest BCUT2D eigenvalue weighted by Crippen LogP contribution is 2.30. The number of rotatable bonds is 3. The molecular formula is C15H19N3O. The quantitative estimate of drug-likeness (QED) is 0.873.